The number of benzene rings is 1. The summed E-state index contributed by atoms with van der Waals surface area (Å²) in [7, 11) is 1.75. The number of carboxylic acid groups (broad SMARTS) is 1. The number of fused-ring (bicyclic) bond motifs is 1. The fourth-order valence-corrected chi connectivity index (χ4v) is 2.01. The minimum absolute atomic E-state index is 0.0973. The van der Waals surface area contributed by atoms with Crippen LogP contribution in [0.2, 0.25) is 0 Å². The van der Waals surface area contributed by atoms with Gasteiger partial charge in [-0.05, 0) is 24.7 Å². The lowest BCUT2D eigenvalue weighted by atomic mass is 9.97. The number of hydrogen-bond acceptors (Lipinski definition) is 5. The lowest BCUT2D eigenvalue weighted by Gasteiger charge is -2.22. The van der Waals surface area contributed by atoms with Crippen molar-refractivity contribution in [3.63, 3.8) is 0 Å². The van der Waals surface area contributed by atoms with Crippen LogP contribution >= 0.6 is 0 Å². The zero-order chi connectivity index (χ0) is 13.1. The largest absolute Gasteiger partial charge is 0.481 e. The summed E-state index contributed by atoms with van der Waals surface area (Å²) in [5.74, 6) is -0.913. The molecule has 0 saturated heterocycles. The molecular weight excluding hydrogens is 234 g/mol. The van der Waals surface area contributed by atoms with Crippen LogP contribution in [0, 0.1) is 0 Å². The third-order valence-corrected chi connectivity index (χ3v) is 2.86. The van der Waals surface area contributed by atoms with E-state index in [4.69, 9.17) is 15.3 Å². The van der Waals surface area contributed by atoms with Crippen LogP contribution in [0.25, 0.3) is 11.1 Å². The Kier molecular flexibility index (Phi) is 3.59. The van der Waals surface area contributed by atoms with E-state index in [-0.39, 0.29) is 12.5 Å². The molecule has 0 aliphatic carbocycles. The Bertz CT molecular complexity index is 552. The number of carboxylic acids is 1. The van der Waals surface area contributed by atoms with Crippen molar-refractivity contribution in [2.45, 2.75) is 18.5 Å². The number of aliphatic carboxylic acids is 1. The molecule has 2 rings (SSSR count). The van der Waals surface area contributed by atoms with E-state index in [1.54, 1.807) is 7.05 Å². The van der Waals surface area contributed by atoms with Crippen molar-refractivity contribution < 1.29 is 14.3 Å². The molecule has 0 aliphatic rings. The molecule has 18 heavy (non-hydrogen) atoms. The molecule has 1 aromatic heterocycles. The fraction of sp³-hybridized carbons (Fsp3) is 0.333. The molecular formula is C12H15N3O3. The van der Waals surface area contributed by atoms with E-state index in [2.05, 4.69) is 10.3 Å². The molecule has 6 heteroatoms. The molecule has 0 saturated carbocycles. The molecule has 2 aromatic rings. The van der Waals surface area contributed by atoms with Crippen LogP contribution in [0.4, 0.5) is 0 Å². The Hall–Kier alpha value is -1.92. The summed E-state index contributed by atoms with van der Waals surface area (Å²) in [6.45, 7) is 0. The number of rotatable bonds is 5. The number of aromatic nitrogens is 1. The Morgan fingerprint density at radius 1 is 1.61 bits per heavy atom. The van der Waals surface area contributed by atoms with Gasteiger partial charge in [0.15, 0.2) is 12.0 Å². The van der Waals surface area contributed by atoms with Crippen LogP contribution in [0.5, 0.6) is 0 Å². The van der Waals surface area contributed by atoms with E-state index in [0.29, 0.717) is 5.58 Å². The van der Waals surface area contributed by atoms with Gasteiger partial charge in [0, 0.05) is 12.1 Å². The Morgan fingerprint density at radius 3 is 3.06 bits per heavy atom. The predicted octanol–water partition coefficient (Wildman–Crippen LogP) is 0.890. The summed E-state index contributed by atoms with van der Waals surface area (Å²) in [6, 6.07) is 4.77. The first-order chi connectivity index (χ1) is 8.61. The highest BCUT2D eigenvalue weighted by atomic mass is 16.4. The van der Waals surface area contributed by atoms with Crippen LogP contribution < -0.4 is 11.1 Å². The highest BCUT2D eigenvalue weighted by Crippen LogP contribution is 2.22. The van der Waals surface area contributed by atoms with Gasteiger partial charge in [0.25, 0.3) is 0 Å². The third-order valence-electron chi connectivity index (χ3n) is 2.86. The van der Waals surface area contributed by atoms with E-state index < -0.39 is 12.0 Å². The number of nitrogens with one attached hydrogen (secondary N) is 1. The van der Waals surface area contributed by atoms with E-state index in [1.165, 1.54) is 6.39 Å². The maximum atomic E-state index is 10.7. The van der Waals surface area contributed by atoms with Gasteiger partial charge in [-0.3, -0.25) is 4.79 Å². The molecule has 6 nitrogen and oxygen atoms in total. The van der Waals surface area contributed by atoms with Crippen LogP contribution in [0.3, 0.4) is 0 Å². The Morgan fingerprint density at radius 2 is 2.39 bits per heavy atom. The second kappa shape index (κ2) is 5.16. The molecule has 1 aromatic carbocycles. The van der Waals surface area contributed by atoms with Crippen LogP contribution in [-0.2, 0) is 4.79 Å². The van der Waals surface area contributed by atoms with Gasteiger partial charge in [-0.25, -0.2) is 4.98 Å². The number of hydrogen-bond donors (Lipinski definition) is 3. The molecule has 0 spiro atoms. The zero-order valence-corrected chi connectivity index (χ0v) is 9.96. The minimum atomic E-state index is -0.913. The number of carbonyl (C=O) groups is 1. The van der Waals surface area contributed by atoms with Crippen molar-refractivity contribution in [3.8, 4) is 0 Å². The summed E-state index contributed by atoms with van der Waals surface area (Å²) in [5, 5.41) is 11.8. The van der Waals surface area contributed by atoms with Gasteiger partial charge >= 0.3 is 5.97 Å². The first kappa shape index (κ1) is 12.5. The van der Waals surface area contributed by atoms with Gasteiger partial charge in [-0.1, -0.05) is 6.07 Å². The van der Waals surface area contributed by atoms with E-state index in [9.17, 15) is 4.79 Å². The van der Waals surface area contributed by atoms with Gasteiger partial charge in [0.05, 0.1) is 6.42 Å². The highest BCUT2D eigenvalue weighted by Gasteiger charge is 2.21. The monoisotopic (exact) mass is 249 g/mol. The predicted molar refractivity (Wildman–Crippen MR) is 66.0 cm³/mol. The van der Waals surface area contributed by atoms with Gasteiger partial charge in [0.2, 0.25) is 0 Å². The lowest BCUT2D eigenvalue weighted by Crippen LogP contribution is -2.37. The van der Waals surface area contributed by atoms with Crippen LogP contribution in [-0.4, -0.2) is 29.1 Å². The average Bonchev–Trinajstić information content (AvgIpc) is 2.76. The normalized spacial score (nSPS) is 14.6. The van der Waals surface area contributed by atoms with Crippen molar-refractivity contribution >= 4 is 17.1 Å². The van der Waals surface area contributed by atoms with E-state index in [1.807, 2.05) is 18.2 Å². The molecule has 2 unspecified atom stereocenters. The topological polar surface area (TPSA) is 101 Å². The van der Waals surface area contributed by atoms with Crippen molar-refractivity contribution in [2.75, 3.05) is 7.05 Å². The highest BCUT2D eigenvalue weighted by molar-refractivity contribution is 5.73. The van der Waals surface area contributed by atoms with Crippen molar-refractivity contribution in [3.05, 3.63) is 30.2 Å². The molecule has 0 bridgehead atoms. The number of nitrogens with zero attached hydrogens (tertiary/aromatic N) is 1. The maximum Gasteiger partial charge on any atom is 0.304 e. The summed E-state index contributed by atoms with van der Waals surface area (Å²) in [4.78, 5) is 14.7. The second-order valence-electron chi connectivity index (χ2n) is 4.11. The van der Waals surface area contributed by atoms with Crippen molar-refractivity contribution in [1.29, 1.82) is 0 Å². The summed E-state index contributed by atoms with van der Waals surface area (Å²) < 4.78 is 5.22. The lowest BCUT2D eigenvalue weighted by molar-refractivity contribution is -0.137. The molecule has 0 aliphatic heterocycles. The first-order valence-corrected chi connectivity index (χ1v) is 5.59. The average molecular weight is 249 g/mol. The molecule has 0 radical (unpaired) electrons. The van der Waals surface area contributed by atoms with E-state index >= 15 is 0 Å². The molecule has 0 fully saturated rings. The standard InChI is InChI=1S/C12H15N3O3/c1-14-12(8(13)5-11(16)17)7-2-3-9-10(4-7)18-6-15-9/h2-4,6,8,12,14H,5,13H2,1H3,(H,16,17). The molecule has 4 N–H and O–H groups in total. The summed E-state index contributed by atoms with van der Waals surface area (Å²) in [6.07, 6.45) is 1.28. The number of nitrogens with two attached hydrogens (primary N) is 1. The molecule has 0 amide bonds. The number of likely N-dealkylation sites (N-methyl/N-ethyl adjacent to an activating group) is 1. The quantitative estimate of drug-likeness (QED) is 0.727. The van der Waals surface area contributed by atoms with Crippen LogP contribution in [0.15, 0.2) is 29.0 Å². The second-order valence-corrected chi connectivity index (χ2v) is 4.11. The van der Waals surface area contributed by atoms with Crippen molar-refractivity contribution in [1.82, 2.24) is 10.3 Å². The molecule has 1 heterocycles. The summed E-state index contributed by atoms with van der Waals surface area (Å²) >= 11 is 0. The third kappa shape index (κ3) is 2.49. The smallest absolute Gasteiger partial charge is 0.304 e. The maximum absolute atomic E-state index is 10.7. The molecule has 2 atom stereocenters. The van der Waals surface area contributed by atoms with Crippen molar-refractivity contribution in [2.24, 2.45) is 5.73 Å². The fourth-order valence-electron chi connectivity index (χ4n) is 2.01. The zero-order valence-electron chi connectivity index (χ0n) is 9.96. The summed E-state index contributed by atoms with van der Waals surface area (Å²) in [5.41, 5.74) is 8.20. The molecule has 96 valence electrons. The number of oxazole rings is 1. The van der Waals surface area contributed by atoms with Gasteiger partial charge in [0.1, 0.15) is 5.52 Å². The van der Waals surface area contributed by atoms with Gasteiger partial charge < -0.3 is 20.6 Å². The first-order valence-electron chi connectivity index (χ1n) is 5.59. The van der Waals surface area contributed by atoms with E-state index in [0.717, 1.165) is 11.1 Å². The van der Waals surface area contributed by atoms with Gasteiger partial charge in [-0.2, -0.15) is 0 Å². The Labute approximate surface area is 104 Å². The Balaban J connectivity index is 2.28. The van der Waals surface area contributed by atoms with Gasteiger partial charge in [-0.15, -0.1) is 0 Å². The van der Waals surface area contributed by atoms with Crippen LogP contribution in [0.1, 0.15) is 18.0 Å². The SMILES string of the molecule is CNC(c1ccc2ncoc2c1)C(N)CC(=O)O. The minimum Gasteiger partial charge on any atom is -0.481 e.